The van der Waals surface area contributed by atoms with E-state index in [-0.39, 0.29) is 5.91 Å². The van der Waals surface area contributed by atoms with Gasteiger partial charge in [-0.2, -0.15) is 5.10 Å². The molecule has 4 rings (SSSR count). The first-order chi connectivity index (χ1) is 14.9. The second kappa shape index (κ2) is 9.02. The molecule has 4 aromatic rings. The van der Waals surface area contributed by atoms with Crippen molar-refractivity contribution in [2.75, 3.05) is 17.7 Å². The number of amides is 1. The average Bonchev–Trinajstić information content (AvgIpc) is 3.33. The Kier molecular flexibility index (Phi) is 6.36. The highest BCUT2D eigenvalue weighted by Gasteiger charge is 2.24. The van der Waals surface area contributed by atoms with E-state index in [1.54, 1.807) is 16.7 Å². The first kappa shape index (κ1) is 21.9. The monoisotopic (exact) mass is 470 g/mol. The van der Waals surface area contributed by atoms with Crippen molar-refractivity contribution in [3.63, 3.8) is 0 Å². The lowest BCUT2D eigenvalue weighted by Crippen LogP contribution is -2.34. The zero-order valence-corrected chi connectivity index (χ0v) is 20.2. The van der Waals surface area contributed by atoms with Crippen molar-refractivity contribution in [3.8, 4) is 0 Å². The number of halogens is 1. The number of rotatable bonds is 6. The molecule has 0 aliphatic heterocycles. The normalized spacial score (nSPS) is 11.3. The van der Waals surface area contributed by atoms with Crippen LogP contribution in [0.1, 0.15) is 27.3 Å². The standard InChI is InChI=1S/C23H23ClN4OS2/c1-14-13-15(2)28(26-14)12-11-27(22(29)17-7-5-6-8-19(17)30-4)23-25-21-16(3)18(24)9-10-20(21)31-23/h5-10,13H,11-12H2,1-4H3. The van der Waals surface area contributed by atoms with Crippen LogP contribution in [0, 0.1) is 20.8 Å². The number of thioether (sulfide) groups is 1. The predicted octanol–water partition coefficient (Wildman–Crippen LogP) is 6.14. The Balaban J connectivity index is 1.76. The van der Waals surface area contributed by atoms with E-state index in [1.165, 1.54) is 11.3 Å². The molecule has 0 radical (unpaired) electrons. The first-order valence-corrected chi connectivity index (χ1v) is 12.3. The van der Waals surface area contributed by atoms with Crippen LogP contribution in [-0.4, -0.2) is 33.5 Å². The van der Waals surface area contributed by atoms with Crippen molar-refractivity contribution < 1.29 is 4.79 Å². The molecule has 8 heteroatoms. The van der Waals surface area contributed by atoms with E-state index in [2.05, 4.69) is 5.10 Å². The number of benzene rings is 2. The molecule has 0 bridgehead atoms. The van der Waals surface area contributed by atoms with Gasteiger partial charge in [-0.3, -0.25) is 14.4 Å². The molecule has 0 atom stereocenters. The van der Waals surface area contributed by atoms with Gasteiger partial charge in [0.2, 0.25) is 0 Å². The van der Waals surface area contributed by atoms with Crippen LogP contribution in [-0.2, 0) is 6.54 Å². The number of fused-ring (bicyclic) bond motifs is 1. The van der Waals surface area contributed by atoms with Gasteiger partial charge in [0.05, 0.1) is 28.0 Å². The highest BCUT2D eigenvalue weighted by Crippen LogP contribution is 2.34. The van der Waals surface area contributed by atoms with Gasteiger partial charge in [0, 0.05) is 22.2 Å². The van der Waals surface area contributed by atoms with Gasteiger partial charge in [-0.1, -0.05) is 35.1 Å². The second-order valence-corrected chi connectivity index (χ2v) is 9.59. The lowest BCUT2D eigenvalue weighted by atomic mass is 10.2. The average molecular weight is 471 g/mol. The van der Waals surface area contributed by atoms with Crippen molar-refractivity contribution in [1.29, 1.82) is 0 Å². The van der Waals surface area contributed by atoms with Gasteiger partial charge < -0.3 is 0 Å². The van der Waals surface area contributed by atoms with Gasteiger partial charge in [0.25, 0.3) is 5.91 Å². The third kappa shape index (κ3) is 4.35. The number of nitrogens with zero attached hydrogens (tertiary/aromatic N) is 4. The third-order valence-corrected chi connectivity index (χ3v) is 7.44. The van der Waals surface area contributed by atoms with Crippen molar-refractivity contribution in [1.82, 2.24) is 14.8 Å². The van der Waals surface area contributed by atoms with Crippen LogP contribution in [0.5, 0.6) is 0 Å². The van der Waals surface area contributed by atoms with E-state index in [9.17, 15) is 4.79 Å². The Hall–Kier alpha value is -2.35. The number of hydrogen-bond acceptors (Lipinski definition) is 5. The molecule has 0 saturated carbocycles. The summed E-state index contributed by atoms with van der Waals surface area (Å²) in [6.07, 6.45) is 1.98. The van der Waals surface area contributed by atoms with Crippen LogP contribution < -0.4 is 4.90 Å². The molecule has 0 aliphatic carbocycles. The SMILES string of the molecule is CSc1ccccc1C(=O)N(CCn1nc(C)cc1C)c1nc2c(C)c(Cl)ccc2s1. The van der Waals surface area contributed by atoms with Crippen LogP contribution >= 0.6 is 34.7 Å². The molecule has 0 N–H and O–H groups in total. The molecule has 0 aliphatic rings. The van der Waals surface area contributed by atoms with Crippen LogP contribution in [0.2, 0.25) is 5.02 Å². The Labute approximate surface area is 195 Å². The lowest BCUT2D eigenvalue weighted by Gasteiger charge is -2.21. The zero-order valence-electron chi connectivity index (χ0n) is 17.8. The number of hydrogen-bond donors (Lipinski definition) is 0. The van der Waals surface area contributed by atoms with Crippen molar-refractivity contribution in [3.05, 3.63) is 70.0 Å². The minimum atomic E-state index is -0.0608. The molecule has 5 nitrogen and oxygen atoms in total. The molecule has 2 heterocycles. The van der Waals surface area contributed by atoms with E-state index in [4.69, 9.17) is 16.6 Å². The highest BCUT2D eigenvalue weighted by atomic mass is 35.5. The number of aromatic nitrogens is 3. The third-order valence-electron chi connectivity index (χ3n) is 5.19. The van der Waals surface area contributed by atoms with Crippen LogP contribution in [0.25, 0.3) is 10.2 Å². The molecule has 31 heavy (non-hydrogen) atoms. The highest BCUT2D eigenvalue weighted by molar-refractivity contribution is 7.98. The summed E-state index contributed by atoms with van der Waals surface area (Å²) in [5.41, 5.74) is 4.48. The minimum absolute atomic E-state index is 0.0608. The topological polar surface area (TPSA) is 51.0 Å². The van der Waals surface area contributed by atoms with Crippen molar-refractivity contribution >= 4 is 56.0 Å². The molecule has 0 fully saturated rings. The van der Waals surface area contributed by atoms with Gasteiger partial charge >= 0.3 is 0 Å². The Morgan fingerprint density at radius 1 is 1.19 bits per heavy atom. The fraction of sp³-hybridized carbons (Fsp3) is 0.261. The van der Waals surface area contributed by atoms with Gasteiger partial charge in [-0.05, 0) is 62.9 Å². The maximum atomic E-state index is 13.7. The summed E-state index contributed by atoms with van der Waals surface area (Å²) in [6, 6.07) is 13.6. The maximum Gasteiger partial charge on any atom is 0.261 e. The number of aryl methyl sites for hydroxylation is 3. The lowest BCUT2D eigenvalue weighted by molar-refractivity contribution is 0.0983. The summed E-state index contributed by atoms with van der Waals surface area (Å²) in [5.74, 6) is -0.0608. The molecular weight excluding hydrogens is 448 g/mol. The number of carbonyl (C=O) groups excluding carboxylic acids is 1. The summed E-state index contributed by atoms with van der Waals surface area (Å²) in [4.78, 5) is 21.2. The van der Waals surface area contributed by atoms with E-state index >= 15 is 0 Å². The molecule has 0 spiro atoms. The maximum absolute atomic E-state index is 13.7. The van der Waals surface area contributed by atoms with Gasteiger partial charge in [0.15, 0.2) is 5.13 Å². The summed E-state index contributed by atoms with van der Waals surface area (Å²) in [6.45, 7) is 7.01. The van der Waals surface area contributed by atoms with E-state index < -0.39 is 0 Å². The molecule has 160 valence electrons. The van der Waals surface area contributed by atoms with Gasteiger partial charge in [0.1, 0.15) is 0 Å². The zero-order chi connectivity index (χ0) is 22.1. The van der Waals surface area contributed by atoms with Crippen molar-refractivity contribution in [2.45, 2.75) is 32.2 Å². The van der Waals surface area contributed by atoms with Crippen molar-refractivity contribution in [2.24, 2.45) is 0 Å². The molecule has 1 amide bonds. The fourth-order valence-electron chi connectivity index (χ4n) is 3.55. The summed E-state index contributed by atoms with van der Waals surface area (Å²) < 4.78 is 2.95. The quantitative estimate of drug-likeness (QED) is 0.317. The summed E-state index contributed by atoms with van der Waals surface area (Å²) in [7, 11) is 0. The Morgan fingerprint density at radius 2 is 1.97 bits per heavy atom. The van der Waals surface area contributed by atoms with E-state index in [0.29, 0.717) is 28.8 Å². The predicted molar refractivity (Wildman–Crippen MR) is 131 cm³/mol. The van der Waals surface area contributed by atoms with Crippen LogP contribution in [0.15, 0.2) is 47.4 Å². The summed E-state index contributed by atoms with van der Waals surface area (Å²) in [5, 5.41) is 5.90. The Morgan fingerprint density at radius 3 is 2.68 bits per heavy atom. The minimum Gasteiger partial charge on any atom is -0.282 e. The molecule has 0 unspecified atom stereocenters. The number of anilines is 1. The molecule has 0 saturated heterocycles. The molecular formula is C23H23ClN4OS2. The van der Waals surface area contributed by atoms with Crippen LogP contribution in [0.3, 0.4) is 0 Å². The fourth-order valence-corrected chi connectivity index (χ4v) is 5.34. The summed E-state index contributed by atoms with van der Waals surface area (Å²) >= 11 is 9.38. The number of thiazole rings is 1. The van der Waals surface area contributed by atoms with E-state index in [1.807, 2.05) is 74.2 Å². The van der Waals surface area contributed by atoms with Gasteiger partial charge in [-0.15, -0.1) is 11.8 Å². The largest absolute Gasteiger partial charge is 0.282 e. The smallest absolute Gasteiger partial charge is 0.261 e. The van der Waals surface area contributed by atoms with E-state index in [0.717, 1.165) is 32.1 Å². The number of carbonyl (C=O) groups is 1. The van der Waals surface area contributed by atoms with Gasteiger partial charge in [-0.25, -0.2) is 4.98 Å². The molecule has 2 aromatic heterocycles. The van der Waals surface area contributed by atoms with Crippen LogP contribution in [0.4, 0.5) is 5.13 Å². The Bertz CT molecular complexity index is 1260. The molecule has 2 aromatic carbocycles. The second-order valence-electron chi connectivity index (χ2n) is 7.32. The first-order valence-electron chi connectivity index (χ1n) is 9.90.